The molecule has 0 aromatic heterocycles. The van der Waals surface area contributed by atoms with Gasteiger partial charge in [0.15, 0.2) is 0 Å². The third kappa shape index (κ3) is 2.74. The second kappa shape index (κ2) is 4.60. The van der Waals surface area contributed by atoms with Crippen LogP contribution in [0.3, 0.4) is 0 Å². The normalized spacial score (nSPS) is 16.6. The van der Waals surface area contributed by atoms with E-state index in [1.165, 1.54) is 0 Å². The van der Waals surface area contributed by atoms with Crippen molar-refractivity contribution in [1.29, 1.82) is 0 Å². The molecule has 0 spiro atoms. The fraction of sp³-hybridized carbons (Fsp3) is 0.364. The molecule has 1 aromatic rings. The van der Waals surface area contributed by atoms with E-state index >= 15 is 0 Å². The van der Waals surface area contributed by atoms with E-state index in [4.69, 9.17) is 5.11 Å². The number of hydrogen-bond acceptors (Lipinski definition) is 2. The van der Waals surface area contributed by atoms with Crippen LogP contribution in [-0.4, -0.2) is 17.1 Å². The monoisotopic (exact) mass is 305 g/mol. The Labute approximate surface area is 105 Å². The maximum Gasteiger partial charge on any atom is 0.326 e. The summed E-state index contributed by atoms with van der Waals surface area (Å²) in [6, 6.07) is 0.988. The van der Waals surface area contributed by atoms with Crippen LogP contribution in [0, 0.1) is 17.6 Å². The zero-order chi connectivity index (χ0) is 12.6. The number of aliphatic carboxylic acids is 1. The molecule has 0 saturated heterocycles. The lowest BCUT2D eigenvalue weighted by molar-refractivity contribution is -0.138. The number of benzene rings is 1. The van der Waals surface area contributed by atoms with Gasteiger partial charge in [-0.1, -0.05) is 0 Å². The number of nitrogens with one attached hydrogen (secondary N) is 1. The van der Waals surface area contributed by atoms with E-state index in [1.54, 1.807) is 0 Å². The van der Waals surface area contributed by atoms with Gasteiger partial charge in [-0.3, -0.25) is 0 Å². The summed E-state index contributed by atoms with van der Waals surface area (Å²) in [5.41, 5.74) is -0.00861. The van der Waals surface area contributed by atoms with Crippen LogP contribution in [0.4, 0.5) is 14.5 Å². The first-order valence-electron chi connectivity index (χ1n) is 5.13. The molecule has 1 atom stereocenters. The predicted octanol–water partition coefficient (Wildman–Crippen LogP) is 3.00. The van der Waals surface area contributed by atoms with Crippen molar-refractivity contribution in [3.8, 4) is 0 Å². The van der Waals surface area contributed by atoms with Crippen molar-refractivity contribution in [3.05, 3.63) is 28.2 Å². The van der Waals surface area contributed by atoms with E-state index in [0.717, 1.165) is 25.0 Å². The number of anilines is 1. The summed E-state index contributed by atoms with van der Waals surface area (Å²) >= 11 is 3.01. The number of hydrogen-bond donors (Lipinski definition) is 2. The molecule has 1 aromatic carbocycles. The summed E-state index contributed by atoms with van der Waals surface area (Å²) in [6.45, 7) is 0. The fourth-order valence-corrected chi connectivity index (χ4v) is 2.17. The van der Waals surface area contributed by atoms with Crippen LogP contribution in [0.25, 0.3) is 0 Å². The first-order chi connectivity index (χ1) is 7.99. The van der Waals surface area contributed by atoms with Gasteiger partial charge in [0.25, 0.3) is 0 Å². The largest absolute Gasteiger partial charge is 0.480 e. The molecule has 1 saturated carbocycles. The highest BCUT2D eigenvalue weighted by molar-refractivity contribution is 9.10. The van der Waals surface area contributed by atoms with Crippen LogP contribution in [0.5, 0.6) is 0 Å². The van der Waals surface area contributed by atoms with Crippen LogP contribution in [0.15, 0.2) is 16.6 Å². The molecule has 0 heterocycles. The van der Waals surface area contributed by atoms with Crippen LogP contribution in [0.1, 0.15) is 12.8 Å². The van der Waals surface area contributed by atoms with E-state index in [-0.39, 0.29) is 16.1 Å². The van der Waals surface area contributed by atoms with Crippen molar-refractivity contribution in [3.63, 3.8) is 0 Å². The maximum absolute atomic E-state index is 13.5. The van der Waals surface area contributed by atoms with Gasteiger partial charge in [-0.05, 0) is 40.8 Å². The molecule has 92 valence electrons. The number of carboxylic acids is 1. The zero-order valence-corrected chi connectivity index (χ0v) is 10.3. The fourth-order valence-electron chi connectivity index (χ4n) is 1.65. The summed E-state index contributed by atoms with van der Waals surface area (Å²) in [5, 5.41) is 11.6. The summed E-state index contributed by atoms with van der Waals surface area (Å²) in [4.78, 5) is 11.0. The average Bonchev–Trinajstić information content (AvgIpc) is 2.99. The molecular weight excluding hydrogens is 296 g/mol. The molecule has 1 fully saturated rings. The van der Waals surface area contributed by atoms with Crippen molar-refractivity contribution in [1.82, 2.24) is 0 Å². The maximum atomic E-state index is 13.5. The number of carboxylic acid groups (broad SMARTS) is 1. The second-order valence-electron chi connectivity index (χ2n) is 4.04. The highest BCUT2D eigenvalue weighted by atomic mass is 79.9. The minimum Gasteiger partial charge on any atom is -0.480 e. The van der Waals surface area contributed by atoms with Gasteiger partial charge in [-0.15, -0.1) is 0 Å². The summed E-state index contributed by atoms with van der Waals surface area (Å²) in [5.74, 6) is -2.52. The van der Waals surface area contributed by atoms with Crippen molar-refractivity contribution in [2.45, 2.75) is 18.9 Å². The Kier molecular flexibility index (Phi) is 3.33. The van der Waals surface area contributed by atoms with Crippen molar-refractivity contribution >= 4 is 27.6 Å². The molecule has 0 radical (unpaired) electrons. The summed E-state index contributed by atoms with van der Waals surface area (Å²) in [7, 11) is 0. The smallest absolute Gasteiger partial charge is 0.326 e. The summed E-state index contributed by atoms with van der Waals surface area (Å²) in [6.07, 6.45) is 1.62. The van der Waals surface area contributed by atoms with E-state index in [0.29, 0.717) is 0 Å². The van der Waals surface area contributed by atoms with Crippen LogP contribution in [-0.2, 0) is 4.79 Å². The molecule has 2 rings (SSSR count). The number of carbonyl (C=O) groups is 1. The Morgan fingerprint density at radius 2 is 2.12 bits per heavy atom. The Morgan fingerprint density at radius 1 is 1.47 bits per heavy atom. The van der Waals surface area contributed by atoms with Crippen molar-refractivity contribution in [2.24, 2.45) is 5.92 Å². The number of rotatable bonds is 4. The highest BCUT2D eigenvalue weighted by Gasteiger charge is 2.37. The Hall–Kier alpha value is -1.17. The SMILES string of the molecule is O=C(O)C(Nc1c(F)cc(F)cc1Br)C1CC1. The second-order valence-corrected chi connectivity index (χ2v) is 4.90. The molecule has 3 nitrogen and oxygen atoms in total. The number of halogens is 3. The minimum absolute atomic E-state index is 0.00861. The average molecular weight is 306 g/mol. The molecule has 0 bridgehead atoms. The Bertz CT molecular complexity index is 440. The topological polar surface area (TPSA) is 49.3 Å². The van der Waals surface area contributed by atoms with Gasteiger partial charge in [-0.2, -0.15) is 0 Å². The van der Waals surface area contributed by atoms with E-state index < -0.39 is 23.6 Å². The van der Waals surface area contributed by atoms with Gasteiger partial charge >= 0.3 is 5.97 Å². The van der Waals surface area contributed by atoms with E-state index in [9.17, 15) is 13.6 Å². The van der Waals surface area contributed by atoms with Crippen molar-refractivity contribution < 1.29 is 18.7 Å². The quantitative estimate of drug-likeness (QED) is 0.899. The Morgan fingerprint density at radius 3 is 2.59 bits per heavy atom. The molecule has 0 aliphatic heterocycles. The first kappa shape index (κ1) is 12.3. The third-order valence-electron chi connectivity index (χ3n) is 2.67. The van der Waals surface area contributed by atoms with Crippen LogP contribution >= 0.6 is 15.9 Å². The molecule has 6 heteroatoms. The molecule has 1 aliphatic rings. The molecule has 1 unspecified atom stereocenters. The predicted molar refractivity (Wildman–Crippen MR) is 61.8 cm³/mol. The third-order valence-corrected chi connectivity index (χ3v) is 3.29. The summed E-state index contributed by atoms with van der Waals surface area (Å²) < 4.78 is 26.5. The molecule has 2 N–H and O–H groups in total. The van der Waals surface area contributed by atoms with E-state index in [1.807, 2.05) is 0 Å². The molecule has 17 heavy (non-hydrogen) atoms. The van der Waals surface area contributed by atoms with Gasteiger partial charge in [0.2, 0.25) is 0 Å². The van der Waals surface area contributed by atoms with E-state index in [2.05, 4.69) is 21.2 Å². The lowest BCUT2D eigenvalue weighted by Crippen LogP contribution is -2.31. The zero-order valence-electron chi connectivity index (χ0n) is 8.71. The van der Waals surface area contributed by atoms with Gasteiger partial charge < -0.3 is 10.4 Å². The van der Waals surface area contributed by atoms with Gasteiger partial charge in [0, 0.05) is 10.5 Å². The Balaban J connectivity index is 2.25. The lowest BCUT2D eigenvalue weighted by Gasteiger charge is -2.16. The molecule has 1 aliphatic carbocycles. The first-order valence-corrected chi connectivity index (χ1v) is 5.92. The molecule has 0 amide bonds. The lowest BCUT2D eigenvalue weighted by atomic mass is 10.1. The van der Waals surface area contributed by atoms with Gasteiger partial charge in [0.05, 0.1) is 5.69 Å². The minimum atomic E-state index is -1.02. The standard InChI is InChI=1S/C11H10BrF2NO2/c12-7-3-6(13)4-8(14)10(7)15-9(11(16)17)5-1-2-5/h3-5,9,15H,1-2H2,(H,16,17). The van der Waals surface area contributed by atoms with Crippen LogP contribution in [0.2, 0.25) is 0 Å². The molecular formula is C11H10BrF2NO2. The highest BCUT2D eigenvalue weighted by Crippen LogP contribution is 2.36. The van der Waals surface area contributed by atoms with Crippen LogP contribution < -0.4 is 5.32 Å². The van der Waals surface area contributed by atoms with Gasteiger partial charge in [0.1, 0.15) is 17.7 Å². The van der Waals surface area contributed by atoms with Gasteiger partial charge in [-0.25, -0.2) is 13.6 Å². The van der Waals surface area contributed by atoms with Crippen molar-refractivity contribution in [2.75, 3.05) is 5.32 Å².